The number of carbonyl (C=O) groups excluding carboxylic acids is 2. The summed E-state index contributed by atoms with van der Waals surface area (Å²) in [5, 5.41) is 3.60. The van der Waals surface area contributed by atoms with E-state index in [1.807, 2.05) is 12.1 Å². The Kier molecular flexibility index (Phi) is 6.58. The Hall–Kier alpha value is -2.11. The minimum atomic E-state index is -0.239. The highest BCUT2D eigenvalue weighted by Gasteiger charge is 2.13. The molecule has 1 N–H and O–H groups in total. The molecule has 0 radical (unpaired) electrons. The van der Waals surface area contributed by atoms with Crippen LogP contribution < -0.4 is 5.32 Å². The molecule has 0 fully saturated rings. The molecule has 0 aliphatic carbocycles. The van der Waals surface area contributed by atoms with Crippen molar-refractivity contribution >= 4 is 40.7 Å². The maximum Gasteiger partial charge on any atom is 0.226 e. The first-order valence-corrected chi connectivity index (χ1v) is 8.10. The number of pyridine rings is 1. The third-order valence-electron chi connectivity index (χ3n) is 3.35. The number of halogens is 2. The largest absolute Gasteiger partial charge is 0.338 e. The van der Waals surface area contributed by atoms with Gasteiger partial charge in [-0.1, -0.05) is 29.3 Å². The first-order valence-electron chi connectivity index (χ1n) is 7.35. The van der Waals surface area contributed by atoms with E-state index in [9.17, 15) is 9.59 Å². The van der Waals surface area contributed by atoms with Gasteiger partial charge < -0.3 is 10.2 Å². The standard InChI is InChI=1S/C17H17Cl2N3O2/c1-12(23)22(11-13-3-2-7-20-10-13)8-6-17(24)21-16-9-14(18)4-5-15(16)19/h2-5,7,9-10H,6,8,11H2,1H3,(H,21,24). The van der Waals surface area contributed by atoms with Crippen molar-refractivity contribution in [3.05, 3.63) is 58.3 Å². The van der Waals surface area contributed by atoms with Gasteiger partial charge in [0.05, 0.1) is 10.7 Å². The number of carbonyl (C=O) groups is 2. The van der Waals surface area contributed by atoms with Crippen molar-refractivity contribution in [3.63, 3.8) is 0 Å². The molecule has 2 aromatic rings. The van der Waals surface area contributed by atoms with E-state index >= 15 is 0 Å². The van der Waals surface area contributed by atoms with Crippen LogP contribution in [-0.4, -0.2) is 28.2 Å². The molecule has 0 saturated heterocycles. The number of aromatic nitrogens is 1. The number of hydrogen-bond donors (Lipinski definition) is 1. The first kappa shape index (κ1) is 18.2. The van der Waals surface area contributed by atoms with Gasteiger partial charge in [-0.2, -0.15) is 0 Å². The Balaban J connectivity index is 1.92. The van der Waals surface area contributed by atoms with Gasteiger partial charge in [0.2, 0.25) is 11.8 Å². The second-order valence-electron chi connectivity index (χ2n) is 5.22. The molecule has 2 rings (SSSR count). The molecule has 5 nitrogen and oxygen atoms in total. The number of nitrogens with one attached hydrogen (secondary N) is 1. The average Bonchev–Trinajstić information content (AvgIpc) is 2.55. The molecule has 0 atom stereocenters. The van der Waals surface area contributed by atoms with Crippen molar-refractivity contribution in [1.82, 2.24) is 9.88 Å². The molecule has 0 aliphatic heterocycles. The molecule has 24 heavy (non-hydrogen) atoms. The summed E-state index contributed by atoms with van der Waals surface area (Å²) in [5.74, 6) is -0.343. The van der Waals surface area contributed by atoms with Crippen molar-refractivity contribution < 1.29 is 9.59 Å². The van der Waals surface area contributed by atoms with Gasteiger partial charge in [0.25, 0.3) is 0 Å². The summed E-state index contributed by atoms with van der Waals surface area (Å²) in [7, 11) is 0. The highest BCUT2D eigenvalue weighted by atomic mass is 35.5. The van der Waals surface area contributed by atoms with E-state index < -0.39 is 0 Å². The smallest absolute Gasteiger partial charge is 0.226 e. The number of nitrogens with zero attached hydrogens (tertiary/aromatic N) is 2. The Bertz CT molecular complexity index is 723. The van der Waals surface area contributed by atoms with Gasteiger partial charge in [-0.3, -0.25) is 14.6 Å². The summed E-state index contributed by atoms with van der Waals surface area (Å²) < 4.78 is 0. The van der Waals surface area contributed by atoms with Gasteiger partial charge in [0.1, 0.15) is 0 Å². The second kappa shape index (κ2) is 8.66. The molecule has 0 unspecified atom stereocenters. The highest BCUT2D eigenvalue weighted by molar-refractivity contribution is 6.35. The number of rotatable bonds is 6. The van der Waals surface area contributed by atoms with E-state index in [-0.39, 0.29) is 18.2 Å². The molecule has 2 amide bonds. The molecule has 1 aromatic carbocycles. The Morgan fingerprint density at radius 1 is 1.25 bits per heavy atom. The zero-order chi connectivity index (χ0) is 17.5. The zero-order valence-electron chi connectivity index (χ0n) is 13.1. The van der Waals surface area contributed by atoms with Gasteiger partial charge in [-0.25, -0.2) is 0 Å². The zero-order valence-corrected chi connectivity index (χ0v) is 14.6. The molecule has 0 spiro atoms. The van der Waals surface area contributed by atoms with Gasteiger partial charge in [0.15, 0.2) is 0 Å². The van der Waals surface area contributed by atoms with E-state index in [4.69, 9.17) is 23.2 Å². The molecule has 1 aromatic heterocycles. The molecule has 0 saturated carbocycles. The number of benzene rings is 1. The van der Waals surface area contributed by atoms with E-state index in [1.54, 1.807) is 35.5 Å². The fraction of sp³-hybridized carbons (Fsp3) is 0.235. The third kappa shape index (κ3) is 5.51. The lowest BCUT2D eigenvalue weighted by molar-refractivity contribution is -0.129. The maximum atomic E-state index is 12.1. The quantitative estimate of drug-likeness (QED) is 0.847. The first-order chi connectivity index (χ1) is 11.5. The van der Waals surface area contributed by atoms with Crippen LogP contribution in [0.3, 0.4) is 0 Å². The minimum absolute atomic E-state index is 0.104. The lowest BCUT2D eigenvalue weighted by Gasteiger charge is -2.20. The van der Waals surface area contributed by atoms with Crippen molar-refractivity contribution in [1.29, 1.82) is 0 Å². The van der Waals surface area contributed by atoms with E-state index in [0.717, 1.165) is 5.56 Å². The predicted molar refractivity (Wildman–Crippen MR) is 95.0 cm³/mol. The van der Waals surface area contributed by atoms with Crippen molar-refractivity contribution in [2.24, 2.45) is 0 Å². The molecule has 126 valence electrons. The summed E-state index contributed by atoms with van der Waals surface area (Å²) in [6, 6.07) is 8.53. The summed E-state index contributed by atoms with van der Waals surface area (Å²) in [6.45, 7) is 2.19. The molecule has 0 bridgehead atoms. The second-order valence-corrected chi connectivity index (χ2v) is 6.07. The van der Waals surface area contributed by atoms with Gasteiger partial charge in [0, 0.05) is 43.9 Å². The lowest BCUT2D eigenvalue weighted by Crippen LogP contribution is -2.31. The van der Waals surface area contributed by atoms with E-state index in [1.165, 1.54) is 6.92 Å². The fourth-order valence-corrected chi connectivity index (χ4v) is 2.44. The fourth-order valence-electron chi connectivity index (χ4n) is 2.10. The van der Waals surface area contributed by atoms with Gasteiger partial charge in [-0.05, 0) is 29.8 Å². The van der Waals surface area contributed by atoms with E-state index in [2.05, 4.69) is 10.3 Å². The average molecular weight is 366 g/mol. The van der Waals surface area contributed by atoms with Crippen molar-refractivity contribution in [3.8, 4) is 0 Å². The summed E-state index contributed by atoms with van der Waals surface area (Å²) >= 11 is 11.9. The van der Waals surface area contributed by atoms with Crippen LogP contribution in [0.15, 0.2) is 42.7 Å². The summed E-state index contributed by atoms with van der Waals surface area (Å²) in [6.07, 6.45) is 3.52. The van der Waals surface area contributed by atoms with Gasteiger partial charge >= 0.3 is 0 Å². The maximum absolute atomic E-state index is 12.1. The van der Waals surface area contributed by atoms with Crippen molar-refractivity contribution in [2.45, 2.75) is 19.9 Å². The lowest BCUT2D eigenvalue weighted by atomic mass is 10.2. The van der Waals surface area contributed by atoms with Crippen LogP contribution in [-0.2, 0) is 16.1 Å². The van der Waals surface area contributed by atoms with Crippen LogP contribution in [0.4, 0.5) is 5.69 Å². The summed E-state index contributed by atoms with van der Waals surface area (Å²) in [4.78, 5) is 29.5. The van der Waals surface area contributed by atoms with Crippen LogP contribution in [0.25, 0.3) is 0 Å². The molecule has 1 heterocycles. The number of amides is 2. The number of anilines is 1. The van der Waals surface area contributed by atoms with Crippen molar-refractivity contribution in [2.75, 3.05) is 11.9 Å². The van der Waals surface area contributed by atoms with Crippen LogP contribution in [0, 0.1) is 0 Å². The Morgan fingerprint density at radius 2 is 2.04 bits per heavy atom. The minimum Gasteiger partial charge on any atom is -0.338 e. The molecule has 7 heteroatoms. The Morgan fingerprint density at radius 3 is 2.71 bits per heavy atom. The molecular formula is C17H17Cl2N3O2. The predicted octanol–water partition coefficient (Wildman–Crippen LogP) is 3.77. The highest BCUT2D eigenvalue weighted by Crippen LogP contribution is 2.25. The van der Waals surface area contributed by atoms with Crippen LogP contribution >= 0.6 is 23.2 Å². The Labute approximate surface area is 150 Å². The SMILES string of the molecule is CC(=O)N(CCC(=O)Nc1cc(Cl)ccc1Cl)Cc1cccnc1. The summed E-state index contributed by atoms with van der Waals surface area (Å²) in [5.41, 5.74) is 1.36. The van der Waals surface area contributed by atoms with Crippen LogP contribution in [0.1, 0.15) is 18.9 Å². The van der Waals surface area contributed by atoms with Crippen LogP contribution in [0.2, 0.25) is 10.0 Å². The number of hydrogen-bond acceptors (Lipinski definition) is 3. The van der Waals surface area contributed by atoms with Gasteiger partial charge in [-0.15, -0.1) is 0 Å². The van der Waals surface area contributed by atoms with E-state index in [0.29, 0.717) is 28.8 Å². The monoisotopic (exact) mass is 365 g/mol. The normalized spacial score (nSPS) is 10.3. The molecular weight excluding hydrogens is 349 g/mol. The topological polar surface area (TPSA) is 62.3 Å². The van der Waals surface area contributed by atoms with Crippen LogP contribution in [0.5, 0.6) is 0 Å². The molecule has 0 aliphatic rings. The third-order valence-corrected chi connectivity index (χ3v) is 3.92.